The summed E-state index contributed by atoms with van der Waals surface area (Å²) in [4.78, 5) is 27.9. The predicted molar refractivity (Wildman–Crippen MR) is 102 cm³/mol. The van der Waals surface area contributed by atoms with Crippen LogP contribution in [0.1, 0.15) is 5.69 Å². The van der Waals surface area contributed by atoms with Gasteiger partial charge in [-0.2, -0.15) is 11.3 Å². The van der Waals surface area contributed by atoms with Gasteiger partial charge in [0, 0.05) is 28.1 Å². The summed E-state index contributed by atoms with van der Waals surface area (Å²) in [6.07, 6.45) is 0.188. The van der Waals surface area contributed by atoms with Crippen molar-refractivity contribution in [3.8, 4) is 16.3 Å². The molecule has 0 atom stereocenters. The molecule has 1 aromatic carbocycles. The molecule has 0 fully saturated rings. The Balaban J connectivity index is 1.57. The van der Waals surface area contributed by atoms with Gasteiger partial charge in [0.2, 0.25) is 5.91 Å². The Hall–Kier alpha value is -2.71. The summed E-state index contributed by atoms with van der Waals surface area (Å²) in [7, 11) is 1.30. The van der Waals surface area contributed by atoms with E-state index in [1.165, 1.54) is 18.4 Å². The fourth-order valence-electron chi connectivity index (χ4n) is 2.14. The number of hydrogen-bond acceptors (Lipinski definition) is 7. The number of nitrogens with one attached hydrogen (secondary N) is 1. The minimum absolute atomic E-state index is 0.169. The highest BCUT2D eigenvalue weighted by atomic mass is 32.1. The third-order valence-electron chi connectivity index (χ3n) is 3.36. The van der Waals surface area contributed by atoms with E-state index in [1.54, 1.807) is 35.6 Å². The average molecular weight is 388 g/mol. The number of methoxy groups -OCH3 is 1. The fourth-order valence-corrected chi connectivity index (χ4v) is 3.67. The lowest BCUT2D eigenvalue weighted by Gasteiger charge is -2.08. The van der Waals surface area contributed by atoms with Crippen LogP contribution in [0, 0.1) is 0 Å². The molecule has 1 N–H and O–H groups in total. The zero-order valence-corrected chi connectivity index (χ0v) is 15.6. The minimum Gasteiger partial charge on any atom is -0.482 e. The van der Waals surface area contributed by atoms with Gasteiger partial charge in [0.05, 0.1) is 19.2 Å². The third-order valence-corrected chi connectivity index (χ3v) is 4.99. The van der Waals surface area contributed by atoms with E-state index in [1.807, 2.05) is 22.2 Å². The quantitative estimate of drug-likeness (QED) is 0.626. The van der Waals surface area contributed by atoms with E-state index in [-0.39, 0.29) is 18.9 Å². The zero-order chi connectivity index (χ0) is 18.4. The van der Waals surface area contributed by atoms with Gasteiger partial charge in [-0.05, 0) is 23.6 Å². The van der Waals surface area contributed by atoms with Crippen LogP contribution in [0.5, 0.6) is 5.75 Å². The lowest BCUT2D eigenvalue weighted by molar-refractivity contribution is -0.142. The number of carbonyl (C=O) groups is 2. The molecule has 0 unspecified atom stereocenters. The second kappa shape index (κ2) is 8.59. The minimum atomic E-state index is -0.468. The molecule has 134 valence electrons. The SMILES string of the molecule is COC(=O)COc1cccc(NC(=O)Cc2csc(-c3ccsc3)n2)c1. The molecule has 0 bridgehead atoms. The van der Waals surface area contributed by atoms with Crippen molar-refractivity contribution in [3.05, 3.63) is 52.2 Å². The molecule has 8 heteroatoms. The number of anilines is 1. The smallest absolute Gasteiger partial charge is 0.343 e. The molecule has 0 radical (unpaired) electrons. The number of ether oxygens (including phenoxy) is 2. The van der Waals surface area contributed by atoms with Crippen molar-refractivity contribution in [3.63, 3.8) is 0 Å². The van der Waals surface area contributed by atoms with Crippen LogP contribution in [0.3, 0.4) is 0 Å². The molecule has 0 saturated carbocycles. The van der Waals surface area contributed by atoms with E-state index in [2.05, 4.69) is 15.0 Å². The van der Waals surface area contributed by atoms with E-state index in [4.69, 9.17) is 4.74 Å². The molecule has 0 aliphatic heterocycles. The van der Waals surface area contributed by atoms with Crippen LogP contribution in [0.2, 0.25) is 0 Å². The summed E-state index contributed by atoms with van der Waals surface area (Å²) < 4.78 is 9.83. The van der Waals surface area contributed by atoms with E-state index in [0.29, 0.717) is 11.4 Å². The van der Waals surface area contributed by atoms with Crippen LogP contribution < -0.4 is 10.1 Å². The Labute approximate surface area is 158 Å². The van der Waals surface area contributed by atoms with Gasteiger partial charge < -0.3 is 14.8 Å². The Morgan fingerprint density at radius 3 is 2.88 bits per heavy atom. The fraction of sp³-hybridized carbons (Fsp3) is 0.167. The zero-order valence-electron chi connectivity index (χ0n) is 13.9. The van der Waals surface area contributed by atoms with Gasteiger partial charge in [-0.15, -0.1) is 11.3 Å². The van der Waals surface area contributed by atoms with Gasteiger partial charge in [-0.3, -0.25) is 4.79 Å². The van der Waals surface area contributed by atoms with Crippen LogP contribution in [-0.2, 0) is 20.7 Å². The number of thiazole rings is 1. The third kappa shape index (κ3) is 4.90. The number of aromatic nitrogens is 1. The maximum atomic E-state index is 12.2. The van der Waals surface area contributed by atoms with Gasteiger partial charge in [-0.1, -0.05) is 6.07 Å². The first-order chi connectivity index (χ1) is 12.6. The van der Waals surface area contributed by atoms with Crippen molar-refractivity contribution < 1.29 is 19.1 Å². The van der Waals surface area contributed by atoms with E-state index in [0.717, 1.165) is 16.3 Å². The molecule has 6 nitrogen and oxygen atoms in total. The van der Waals surface area contributed by atoms with Crippen molar-refractivity contribution in [1.29, 1.82) is 0 Å². The molecule has 0 saturated heterocycles. The van der Waals surface area contributed by atoms with Crippen molar-refractivity contribution in [1.82, 2.24) is 4.98 Å². The topological polar surface area (TPSA) is 77.5 Å². The van der Waals surface area contributed by atoms with Crippen LogP contribution in [0.15, 0.2) is 46.5 Å². The first kappa shape index (κ1) is 18.1. The molecule has 2 aromatic heterocycles. The summed E-state index contributed by atoms with van der Waals surface area (Å²) in [6, 6.07) is 8.85. The number of esters is 1. The average Bonchev–Trinajstić information content (AvgIpc) is 3.31. The summed E-state index contributed by atoms with van der Waals surface area (Å²) >= 11 is 3.14. The highest BCUT2D eigenvalue weighted by molar-refractivity contribution is 7.14. The van der Waals surface area contributed by atoms with Crippen LogP contribution in [0.25, 0.3) is 10.6 Å². The summed E-state index contributed by atoms with van der Waals surface area (Å²) in [5.41, 5.74) is 2.39. The van der Waals surface area contributed by atoms with Crippen molar-refractivity contribution in [2.24, 2.45) is 0 Å². The van der Waals surface area contributed by atoms with Crippen LogP contribution in [-0.4, -0.2) is 30.6 Å². The maximum absolute atomic E-state index is 12.2. The molecule has 3 rings (SSSR count). The summed E-state index contributed by atoms with van der Waals surface area (Å²) in [6.45, 7) is -0.182. The first-order valence-electron chi connectivity index (χ1n) is 7.70. The molecular weight excluding hydrogens is 372 g/mol. The Kier molecular flexibility index (Phi) is 5.98. The number of nitrogens with zero attached hydrogens (tertiary/aromatic N) is 1. The van der Waals surface area contributed by atoms with Gasteiger partial charge in [0.25, 0.3) is 0 Å². The Morgan fingerprint density at radius 2 is 2.12 bits per heavy atom. The molecule has 2 heterocycles. The normalized spacial score (nSPS) is 10.3. The van der Waals surface area contributed by atoms with Crippen molar-refractivity contribution >= 4 is 40.2 Å². The predicted octanol–water partition coefficient (Wildman–Crippen LogP) is 3.60. The maximum Gasteiger partial charge on any atom is 0.343 e. The van der Waals surface area contributed by atoms with Crippen molar-refractivity contribution in [2.45, 2.75) is 6.42 Å². The molecule has 26 heavy (non-hydrogen) atoms. The second-order valence-electron chi connectivity index (χ2n) is 5.27. The number of benzene rings is 1. The lowest BCUT2D eigenvalue weighted by Crippen LogP contribution is -2.15. The number of thiophene rings is 1. The number of hydrogen-bond donors (Lipinski definition) is 1. The monoisotopic (exact) mass is 388 g/mol. The Bertz CT molecular complexity index is 890. The molecule has 1 amide bonds. The highest BCUT2D eigenvalue weighted by Gasteiger charge is 2.10. The molecular formula is C18H16N2O4S2. The molecule has 0 aliphatic carbocycles. The molecule has 0 spiro atoms. The number of rotatable bonds is 7. The lowest BCUT2D eigenvalue weighted by atomic mass is 10.2. The summed E-state index contributed by atoms with van der Waals surface area (Å²) in [5, 5.41) is 9.64. The van der Waals surface area contributed by atoms with Gasteiger partial charge in [0.15, 0.2) is 6.61 Å². The second-order valence-corrected chi connectivity index (χ2v) is 6.91. The first-order valence-corrected chi connectivity index (χ1v) is 9.53. The van der Waals surface area contributed by atoms with E-state index >= 15 is 0 Å². The van der Waals surface area contributed by atoms with Crippen LogP contribution in [0.4, 0.5) is 5.69 Å². The standard InChI is InChI=1S/C18H16N2O4S2/c1-23-17(22)9-24-15-4-2-3-13(7-15)19-16(21)8-14-11-26-18(20-14)12-5-6-25-10-12/h2-7,10-11H,8-9H2,1H3,(H,19,21). The summed E-state index contributed by atoms with van der Waals surface area (Å²) in [5.74, 6) is -0.164. The van der Waals surface area contributed by atoms with Gasteiger partial charge in [-0.25, -0.2) is 9.78 Å². The Morgan fingerprint density at radius 1 is 1.23 bits per heavy atom. The molecule has 3 aromatic rings. The van der Waals surface area contributed by atoms with Gasteiger partial charge >= 0.3 is 5.97 Å². The molecule has 0 aliphatic rings. The van der Waals surface area contributed by atoms with Gasteiger partial charge in [0.1, 0.15) is 10.8 Å². The van der Waals surface area contributed by atoms with E-state index in [9.17, 15) is 9.59 Å². The largest absolute Gasteiger partial charge is 0.482 e. The van der Waals surface area contributed by atoms with Crippen molar-refractivity contribution in [2.75, 3.05) is 19.0 Å². The number of carbonyl (C=O) groups excluding carboxylic acids is 2. The number of amides is 1. The van der Waals surface area contributed by atoms with Crippen LogP contribution >= 0.6 is 22.7 Å². The highest BCUT2D eigenvalue weighted by Crippen LogP contribution is 2.26. The van der Waals surface area contributed by atoms with E-state index < -0.39 is 5.97 Å².